The zero-order valence-electron chi connectivity index (χ0n) is 19.6. The highest BCUT2D eigenvalue weighted by Gasteiger charge is 2.42. The minimum absolute atomic E-state index is 0.0746. The van der Waals surface area contributed by atoms with Crippen molar-refractivity contribution in [1.82, 2.24) is 24.1 Å². The van der Waals surface area contributed by atoms with Gasteiger partial charge >= 0.3 is 0 Å². The van der Waals surface area contributed by atoms with Gasteiger partial charge in [0, 0.05) is 22.6 Å². The van der Waals surface area contributed by atoms with Crippen LogP contribution in [0, 0.1) is 5.82 Å². The highest BCUT2D eigenvalue weighted by atomic mass is 19.1. The van der Waals surface area contributed by atoms with E-state index >= 15 is 4.39 Å². The maximum Gasteiger partial charge on any atom is 0.263 e. The number of imidazole rings is 1. The number of ether oxygens (including phenoxy) is 1. The fourth-order valence-corrected chi connectivity index (χ4v) is 5.07. The van der Waals surface area contributed by atoms with Gasteiger partial charge in [-0.3, -0.25) is 9.36 Å². The highest BCUT2D eigenvalue weighted by molar-refractivity contribution is 5.94. The summed E-state index contributed by atoms with van der Waals surface area (Å²) in [6, 6.07) is 11.9. The average molecular weight is 487 g/mol. The van der Waals surface area contributed by atoms with Crippen molar-refractivity contribution in [3.05, 3.63) is 77.0 Å². The van der Waals surface area contributed by atoms with E-state index in [0.717, 1.165) is 0 Å². The van der Waals surface area contributed by atoms with Gasteiger partial charge in [0.15, 0.2) is 5.82 Å². The van der Waals surface area contributed by atoms with Crippen LogP contribution in [0.2, 0.25) is 0 Å². The molecule has 6 rings (SSSR count). The second kappa shape index (κ2) is 7.85. The molecule has 36 heavy (non-hydrogen) atoms. The van der Waals surface area contributed by atoms with Crippen LogP contribution in [0.25, 0.3) is 33.2 Å². The summed E-state index contributed by atoms with van der Waals surface area (Å²) in [6.07, 6.45) is 3.86. The number of pyridine rings is 1. The fraction of sp³-hybridized carbons (Fsp3) is 0.231. The highest BCUT2D eigenvalue weighted by Crippen LogP contribution is 2.45. The molecule has 0 aliphatic heterocycles. The van der Waals surface area contributed by atoms with Crippen molar-refractivity contribution in [1.29, 1.82) is 0 Å². The van der Waals surface area contributed by atoms with E-state index in [2.05, 4.69) is 10.1 Å². The summed E-state index contributed by atoms with van der Waals surface area (Å²) in [5.74, 6) is 0.389. The lowest BCUT2D eigenvalue weighted by Crippen LogP contribution is -2.40. The number of benzene rings is 2. The molecule has 1 saturated carbocycles. The summed E-state index contributed by atoms with van der Waals surface area (Å²) in [5, 5.41) is 15.2. The number of methoxy groups -OCH3 is 1. The van der Waals surface area contributed by atoms with Gasteiger partial charge in [0.05, 0.1) is 24.3 Å². The number of nitrogen functional groups attached to an aromatic ring is 1. The van der Waals surface area contributed by atoms with Gasteiger partial charge in [-0.15, -0.1) is 0 Å². The Morgan fingerprint density at radius 1 is 1.19 bits per heavy atom. The number of hydrogen-bond donors (Lipinski definition) is 2. The molecule has 0 atom stereocenters. The maximum atomic E-state index is 15.6. The number of halogens is 1. The number of fused-ring (bicyclic) bond motifs is 2. The molecule has 1 aliphatic carbocycles. The molecular formula is C26H23FN6O3. The van der Waals surface area contributed by atoms with Gasteiger partial charge < -0.3 is 15.6 Å². The first-order valence-electron chi connectivity index (χ1n) is 11.5. The Morgan fingerprint density at radius 2 is 1.94 bits per heavy atom. The lowest BCUT2D eigenvalue weighted by atomic mass is 9.72. The molecule has 0 unspecified atom stereocenters. The molecule has 5 aromatic rings. The molecule has 0 saturated heterocycles. The predicted octanol–water partition coefficient (Wildman–Crippen LogP) is 3.45. The largest absolute Gasteiger partial charge is 0.495 e. The van der Waals surface area contributed by atoms with Crippen LogP contribution in [0.4, 0.5) is 10.2 Å². The van der Waals surface area contributed by atoms with E-state index in [1.165, 1.54) is 30.1 Å². The number of para-hydroxylation sites is 1. The summed E-state index contributed by atoms with van der Waals surface area (Å²) < 4.78 is 24.1. The van der Waals surface area contributed by atoms with Crippen molar-refractivity contribution in [2.45, 2.75) is 31.3 Å². The summed E-state index contributed by atoms with van der Waals surface area (Å²) in [5.41, 5.74) is 6.41. The van der Waals surface area contributed by atoms with E-state index in [1.54, 1.807) is 29.8 Å². The van der Waals surface area contributed by atoms with E-state index in [1.807, 2.05) is 18.2 Å². The van der Waals surface area contributed by atoms with E-state index in [9.17, 15) is 9.90 Å². The molecular weight excluding hydrogens is 463 g/mol. The topological polar surface area (TPSA) is 121 Å². The molecule has 10 heteroatoms. The van der Waals surface area contributed by atoms with Gasteiger partial charge in [-0.25, -0.2) is 18.9 Å². The first-order valence-corrected chi connectivity index (χ1v) is 11.5. The van der Waals surface area contributed by atoms with Crippen LogP contribution in [0.3, 0.4) is 0 Å². The summed E-state index contributed by atoms with van der Waals surface area (Å²) in [4.78, 5) is 22.3. The van der Waals surface area contributed by atoms with Crippen LogP contribution in [0.1, 0.15) is 31.5 Å². The third-order valence-electron chi connectivity index (χ3n) is 6.80. The SMILES string of the molecule is COc1cn(-c2ccccc2)c(=O)c2cc(-c3nc(C4CC(C)(O)C4)n4ncnc(N)c34)c(F)cc12. The number of rotatable bonds is 4. The summed E-state index contributed by atoms with van der Waals surface area (Å²) >= 11 is 0. The Labute approximate surface area is 204 Å². The number of anilines is 1. The van der Waals surface area contributed by atoms with Gasteiger partial charge in [-0.1, -0.05) is 18.2 Å². The van der Waals surface area contributed by atoms with Gasteiger partial charge in [0.25, 0.3) is 5.56 Å². The van der Waals surface area contributed by atoms with E-state index < -0.39 is 11.4 Å². The molecule has 0 amide bonds. The number of nitrogens with zero attached hydrogens (tertiary/aromatic N) is 5. The minimum atomic E-state index is -0.789. The van der Waals surface area contributed by atoms with Crippen LogP contribution >= 0.6 is 0 Å². The molecule has 9 nitrogen and oxygen atoms in total. The predicted molar refractivity (Wildman–Crippen MR) is 133 cm³/mol. The van der Waals surface area contributed by atoms with Crippen LogP contribution in [0.5, 0.6) is 5.75 Å². The van der Waals surface area contributed by atoms with Crippen molar-refractivity contribution in [3.63, 3.8) is 0 Å². The molecule has 0 bridgehead atoms. The van der Waals surface area contributed by atoms with E-state index in [-0.39, 0.29) is 33.9 Å². The van der Waals surface area contributed by atoms with Crippen LogP contribution in [-0.4, -0.2) is 42.0 Å². The summed E-state index contributed by atoms with van der Waals surface area (Å²) in [7, 11) is 1.47. The quantitative estimate of drug-likeness (QED) is 0.399. The van der Waals surface area contributed by atoms with Crippen LogP contribution < -0.4 is 16.0 Å². The van der Waals surface area contributed by atoms with Crippen molar-refractivity contribution >= 4 is 22.1 Å². The second-order valence-electron chi connectivity index (χ2n) is 9.41. The van der Waals surface area contributed by atoms with Crippen LogP contribution in [-0.2, 0) is 0 Å². The Kier molecular flexibility index (Phi) is 4.84. The zero-order valence-corrected chi connectivity index (χ0v) is 19.6. The van der Waals surface area contributed by atoms with Crippen molar-refractivity contribution in [2.24, 2.45) is 0 Å². The third-order valence-corrected chi connectivity index (χ3v) is 6.80. The van der Waals surface area contributed by atoms with Gasteiger partial charge in [-0.2, -0.15) is 5.10 Å². The van der Waals surface area contributed by atoms with E-state index in [0.29, 0.717) is 41.0 Å². The van der Waals surface area contributed by atoms with Crippen LogP contribution in [0.15, 0.2) is 59.8 Å². The Bertz CT molecular complexity index is 1700. The van der Waals surface area contributed by atoms with Crippen molar-refractivity contribution < 1.29 is 14.2 Å². The minimum Gasteiger partial charge on any atom is -0.495 e. The first-order chi connectivity index (χ1) is 17.3. The maximum absolute atomic E-state index is 15.6. The number of aromatic nitrogens is 5. The molecule has 2 aromatic carbocycles. The fourth-order valence-electron chi connectivity index (χ4n) is 5.07. The number of aliphatic hydroxyl groups is 1. The number of nitrogens with two attached hydrogens (primary N) is 1. The normalized spacial score (nSPS) is 19.5. The monoisotopic (exact) mass is 486 g/mol. The van der Waals surface area contributed by atoms with Gasteiger partial charge in [0.2, 0.25) is 0 Å². The zero-order chi connectivity index (χ0) is 25.2. The molecule has 0 spiro atoms. The van der Waals surface area contributed by atoms with Crippen molar-refractivity contribution in [3.8, 4) is 22.7 Å². The third kappa shape index (κ3) is 3.33. The molecule has 1 aliphatic rings. The van der Waals surface area contributed by atoms with Crippen molar-refractivity contribution in [2.75, 3.05) is 12.8 Å². The molecule has 1 fully saturated rings. The number of hydrogen-bond acceptors (Lipinski definition) is 7. The Morgan fingerprint density at radius 3 is 2.64 bits per heavy atom. The molecule has 182 valence electrons. The Hall–Kier alpha value is -4.31. The lowest BCUT2D eigenvalue weighted by molar-refractivity contribution is -0.0337. The Balaban J connectivity index is 1.62. The lowest BCUT2D eigenvalue weighted by Gasteiger charge is -2.39. The van der Waals surface area contributed by atoms with Gasteiger partial charge in [0.1, 0.15) is 34.9 Å². The molecule has 3 N–H and O–H groups in total. The molecule has 0 radical (unpaired) electrons. The average Bonchev–Trinajstić information content (AvgIpc) is 3.23. The molecule has 3 heterocycles. The first kappa shape index (κ1) is 22.2. The summed E-state index contributed by atoms with van der Waals surface area (Å²) in [6.45, 7) is 1.76. The standard InChI is InChI=1S/C26H23FN6O3/c1-26(35)10-14(11-26)24-31-21(22-23(28)29-13-30-33(22)24)18-8-17-16(9-19(18)27)20(36-2)12-32(25(17)34)15-6-4-3-5-7-15/h3-9,12-14,35H,10-11H2,1-2H3,(H2,28,29,30). The smallest absolute Gasteiger partial charge is 0.263 e. The second-order valence-corrected chi connectivity index (χ2v) is 9.41. The van der Waals surface area contributed by atoms with Gasteiger partial charge in [-0.05, 0) is 44.0 Å². The van der Waals surface area contributed by atoms with E-state index in [4.69, 9.17) is 15.5 Å². The molecule has 3 aromatic heterocycles.